The quantitative estimate of drug-likeness (QED) is 0.612. The highest BCUT2D eigenvalue weighted by Gasteiger charge is 2.10. The fraction of sp³-hybridized carbons (Fsp3) is 0. The number of benzene rings is 2. The van der Waals surface area contributed by atoms with E-state index < -0.39 is 10.7 Å². The Morgan fingerprint density at radius 3 is 2.41 bits per heavy atom. The summed E-state index contributed by atoms with van der Waals surface area (Å²) in [7, 11) is 0. The van der Waals surface area contributed by atoms with Crippen LogP contribution in [-0.4, -0.2) is 4.92 Å². The average Bonchev–Trinajstić information content (AvgIpc) is 2.29. The Hall–Kier alpha value is -1.88. The van der Waals surface area contributed by atoms with Gasteiger partial charge in [-0.2, -0.15) is 0 Å². The summed E-state index contributed by atoms with van der Waals surface area (Å²) in [5.41, 5.74) is -0.233. The third-order valence-corrected chi connectivity index (χ3v) is 3.03. The number of rotatable bonds is 3. The van der Waals surface area contributed by atoms with Gasteiger partial charge in [0.1, 0.15) is 5.82 Å². The van der Waals surface area contributed by atoms with Gasteiger partial charge in [-0.1, -0.05) is 30.0 Å². The molecule has 86 valence electrons. The molecule has 2 rings (SSSR count). The van der Waals surface area contributed by atoms with Crippen molar-refractivity contribution in [1.29, 1.82) is 0 Å². The minimum Gasteiger partial charge on any atom is -0.258 e. The maximum Gasteiger partial charge on any atom is 0.273 e. The fourth-order valence-corrected chi connectivity index (χ4v) is 2.25. The van der Waals surface area contributed by atoms with E-state index in [1.54, 1.807) is 0 Å². The van der Waals surface area contributed by atoms with E-state index in [4.69, 9.17) is 0 Å². The Labute approximate surface area is 101 Å². The van der Waals surface area contributed by atoms with E-state index in [9.17, 15) is 14.5 Å². The first kappa shape index (κ1) is 11.6. The molecule has 0 fully saturated rings. The van der Waals surface area contributed by atoms with Gasteiger partial charge in [0.25, 0.3) is 5.69 Å². The van der Waals surface area contributed by atoms with Gasteiger partial charge < -0.3 is 0 Å². The lowest BCUT2D eigenvalue weighted by Gasteiger charge is -2.01. The van der Waals surface area contributed by atoms with E-state index in [0.717, 1.165) is 11.0 Å². The molecule has 17 heavy (non-hydrogen) atoms. The van der Waals surface area contributed by atoms with Crippen molar-refractivity contribution in [2.24, 2.45) is 0 Å². The van der Waals surface area contributed by atoms with Crippen LogP contribution in [0.25, 0.3) is 0 Å². The van der Waals surface area contributed by atoms with Gasteiger partial charge in [0.2, 0.25) is 0 Å². The second-order valence-electron chi connectivity index (χ2n) is 3.32. The Morgan fingerprint density at radius 1 is 1.06 bits per heavy atom. The Balaban J connectivity index is 2.30. The maximum absolute atomic E-state index is 13.2. The van der Waals surface area contributed by atoms with E-state index in [1.165, 1.54) is 23.9 Å². The zero-order chi connectivity index (χ0) is 12.3. The molecule has 2 aromatic carbocycles. The monoisotopic (exact) mass is 249 g/mol. The number of non-ortho nitro benzene ring substituents is 1. The van der Waals surface area contributed by atoms with Crippen molar-refractivity contribution in [2.75, 3.05) is 0 Å². The summed E-state index contributed by atoms with van der Waals surface area (Å²) in [6.07, 6.45) is 0. The predicted molar refractivity (Wildman–Crippen MR) is 63.6 cm³/mol. The number of nitrogens with zero attached hydrogens (tertiary/aromatic N) is 1. The van der Waals surface area contributed by atoms with Crippen LogP contribution in [0, 0.1) is 15.9 Å². The highest BCUT2D eigenvalue weighted by molar-refractivity contribution is 7.99. The molecule has 0 aliphatic carbocycles. The molecule has 0 radical (unpaired) electrons. The Morgan fingerprint density at radius 2 is 1.76 bits per heavy atom. The molecule has 0 heterocycles. The van der Waals surface area contributed by atoms with E-state index in [-0.39, 0.29) is 5.69 Å². The smallest absolute Gasteiger partial charge is 0.258 e. The molecule has 0 bridgehead atoms. The zero-order valence-corrected chi connectivity index (χ0v) is 9.49. The zero-order valence-electron chi connectivity index (χ0n) is 8.67. The summed E-state index contributed by atoms with van der Waals surface area (Å²) in [5.74, 6) is -0.599. The van der Waals surface area contributed by atoms with E-state index in [0.29, 0.717) is 4.90 Å². The second-order valence-corrected chi connectivity index (χ2v) is 4.46. The first-order valence-corrected chi connectivity index (χ1v) is 5.65. The first-order valence-electron chi connectivity index (χ1n) is 4.83. The minimum atomic E-state index is -0.599. The van der Waals surface area contributed by atoms with Crippen LogP contribution >= 0.6 is 11.8 Å². The Bertz CT molecular complexity index is 545. The minimum absolute atomic E-state index is 0.233. The molecule has 0 amide bonds. The molecule has 3 nitrogen and oxygen atoms in total. The fourth-order valence-electron chi connectivity index (χ4n) is 1.34. The van der Waals surface area contributed by atoms with Crippen LogP contribution in [0.3, 0.4) is 0 Å². The lowest BCUT2D eigenvalue weighted by molar-refractivity contribution is -0.385. The second kappa shape index (κ2) is 4.97. The van der Waals surface area contributed by atoms with E-state index in [2.05, 4.69) is 0 Å². The highest BCUT2D eigenvalue weighted by atomic mass is 32.2. The molecular formula is C12H8FNO2S. The van der Waals surface area contributed by atoms with Crippen LogP contribution in [0.15, 0.2) is 58.3 Å². The molecule has 0 aromatic heterocycles. The molecule has 2 aromatic rings. The lowest BCUT2D eigenvalue weighted by Crippen LogP contribution is -1.89. The molecular weight excluding hydrogens is 241 g/mol. The number of nitro benzene ring substituents is 1. The number of nitro groups is 1. The topological polar surface area (TPSA) is 43.1 Å². The lowest BCUT2D eigenvalue weighted by atomic mass is 10.3. The summed E-state index contributed by atoms with van der Waals surface area (Å²) in [4.78, 5) is 11.4. The largest absolute Gasteiger partial charge is 0.273 e. The van der Waals surface area contributed by atoms with Crippen LogP contribution in [0.1, 0.15) is 0 Å². The number of halogens is 1. The summed E-state index contributed by atoms with van der Waals surface area (Å²) in [5, 5.41) is 10.6. The van der Waals surface area contributed by atoms with Crippen LogP contribution in [-0.2, 0) is 0 Å². The van der Waals surface area contributed by atoms with Crippen LogP contribution in [0.5, 0.6) is 0 Å². The van der Waals surface area contributed by atoms with E-state index >= 15 is 0 Å². The molecule has 0 N–H and O–H groups in total. The van der Waals surface area contributed by atoms with Gasteiger partial charge in [-0.3, -0.25) is 10.1 Å². The predicted octanol–water partition coefficient (Wildman–Crippen LogP) is 3.89. The third kappa shape index (κ3) is 3.04. The normalized spacial score (nSPS) is 10.2. The summed E-state index contributed by atoms with van der Waals surface area (Å²) in [6, 6.07) is 12.9. The number of hydrogen-bond acceptors (Lipinski definition) is 3. The summed E-state index contributed by atoms with van der Waals surface area (Å²) < 4.78 is 13.2. The van der Waals surface area contributed by atoms with Crippen molar-refractivity contribution in [1.82, 2.24) is 0 Å². The molecule has 0 aliphatic rings. The SMILES string of the molecule is O=[N+]([O-])c1cc(F)cc(Sc2ccccc2)c1. The van der Waals surface area contributed by atoms with E-state index in [1.807, 2.05) is 30.3 Å². The van der Waals surface area contributed by atoms with Crippen molar-refractivity contribution in [3.05, 3.63) is 64.5 Å². The molecule has 0 unspecified atom stereocenters. The van der Waals surface area contributed by atoms with Gasteiger partial charge in [-0.15, -0.1) is 0 Å². The molecule has 0 saturated carbocycles. The van der Waals surface area contributed by atoms with Crippen molar-refractivity contribution < 1.29 is 9.31 Å². The molecule has 0 aliphatic heterocycles. The van der Waals surface area contributed by atoms with Crippen molar-refractivity contribution >= 4 is 17.4 Å². The van der Waals surface area contributed by atoms with Gasteiger partial charge in [-0.25, -0.2) is 4.39 Å². The van der Waals surface area contributed by atoms with Crippen molar-refractivity contribution in [3.8, 4) is 0 Å². The Kier molecular flexibility index (Phi) is 3.39. The van der Waals surface area contributed by atoms with Crippen LogP contribution in [0.4, 0.5) is 10.1 Å². The summed E-state index contributed by atoms with van der Waals surface area (Å²) >= 11 is 1.29. The molecule has 0 spiro atoms. The third-order valence-electron chi connectivity index (χ3n) is 2.05. The van der Waals surface area contributed by atoms with Crippen LogP contribution in [0.2, 0.25) is 0 Å². The van der Waals surface area contributed by atoms with Gasteiger partial charge in [0.15, 0.2) is 0 Å². The standard InChI is InChI=1S/C12H8FNO2S/c13-9-6-10(14(15)16)8-12(7-9)17-11-4-2-1-3-5-11/h1-8H. The van der Waals surface area contributed by atoms with Crippen molar-refractivity contribution in [2.45, 2.75) is 9.79 Å². The van der Waals surface area contributed by atoms with Crippen LogP contribution < -0.4 is 0 Å². The van der Waals surface area contributed by atoms with Gasteiger partial charge in [-0.05, 0) is 18.2 Å². The molecule has 0 saturated heterocycles. The number of hydrogen-bond donors (Lipinski definition) is 0. The molecule has 0 atom stereocenters. The average molecular weight is 249 g/mol. The summed E-state index contributed by atoms with van der Waals surface area (Å²) in [6.45, 7) is 0. The molecule has 5 heteroatoms. The first-order chi connectivity index (χ1) is 8.15. The van der Waals surface area contributed by atoms with Crippen molar-refractivity contribution in [3.63, 3.8) is 0 Å². The van der Waals surface area contributed by atoms with Gasteiger partial charge >= 0.3 is 0 Å². The van der Waals surface area contributed by atoms with Gasteiger partial charge in [0.05, 0.1) is 11.0 Å². The van der Waals surface area contributed by atoms with Gasteiger partial charge in [0, 0.05) is 15.9 Å². The maximum atomic E-state index is 13.2. The highest BCUT2D eigenvalue weighted by Crippen LogP contribution is 2.30.